The quantitative estimate of drug-likeness (QED) is 0.583. The largest absolute Gasteiger partial charge is 0.384 e. The van der Waals surface area contributed by atoms with Crippen LogP contribution in [0, 0.1) is 5.92 Å². The van der Waals surface area contributed by atoms with Crippen molar-refractivity contribution in [3.8, 4) is 0 Å². The number of nitrogens with zero attached hydrogens (tertiary/aromatic N) is 3. The lowest BCUT2D eigenvalue weighted by molar-refractivity contribution is -0.124. The second-order valence-electron chi connectivity index (χ2n) is 8.73. The molecule has 1 amide bonds. The Balaban J connectivity index is 2.06. The lowest BCUT2D eigenvalue weighted by Gasteiger charge is -2.33. The third-order valence-electron chi connectivity index (χ3n) is 5.77. The standard InChI is InChI=1S/C23H31N5O4/c1-15(2)12-28-22(31)19(18(29)14-26-11-7-6-10-17(26)21(25)30)20(24)27(23(28)32)13-16-8-4-3-5-9-16/h3-5,8-9,15,17H,6-7,10-14,24H2,1-2H3,(H2,25,30). The summed E-state index contributed by atoms with van der Waals surface area (Å²) in [7, 11) is 0. The van der Waals surface area contributed by atoms with Crippen LogP contribution in [0.3, 0.4) is 0 Å². The van der Waals surface area contributed by atoms with Crippen LogP contribution in [-0.2, 0) is 17.9 Å². The summed E-state index contributed by atoms with van der Waals surface area (Å²) in [5.74, 6) is -1.14. The number of primary amides is 1. The number of carbonyl (C=O) groups excluding carboxylic acids is 2. The molecule has 2 aromatic rings. The highest BCUT2D eigenvalue weighted by molar-refractivity contribution is 6.01. The van der Waals surface area contributed by atoms with E-state index in [0.717, 1.165) is 23.0 Å². The number of hydrogen-bond donors (Lipinski definition) is 2. The summed E-state index contributed by atoms with van der Waals surface area (Å²) in [5.41, 5.74) is 11.1. The van der Waals surface area contributed by atoms with Crippen LogP contribution in [0.2, 0.25) is 0 Å². The molecule has 1 saturated heterocycles. The molecule has 0 aliphatic carbocycles. The van der Waals surface area contributed by atoms with Crippen molar-refractivity contribution in [3.63, 3.8) is 0 Å². The number of hydrogen-bond acceptors (Lipinski definition) is 6. The number of Topliss-reactive ketones (excluding diaryl/α,β-unsaturated/α-hetero) is 1. The molecule has 1 unspecified atom stereocenters. The summed E-state index contributed by atoms with van der Waals surface area (Å²) in [5, 5.41) is 0. The van der Waals surface area contributed by atoms with Crippen molar-refractivity contribution in [1.29, 1.82) is 0 Å². The number of amides is 1. The van der Waals surface area contributed by atoms with Crippen molar-refractivity contribution < 1.29 is 9.59 Å². The Morgan fingerprint density at radius 3 is 2.41 bits per heavy atom. The SMILES string of the molecule is CC(C)Cn1c(=O)c(C(=O)CN2CCCCC2C(N)=O)c(N)n(Cc2ccccc2)c1=O. The van der Waals surface area contributed by atoms with Gasteiger partial charge in [-0.25, -0.2) is 4.79 Å². The Bertz CT molecular complexity index is 1100. The molecular weight excluding hydrogens is 410 g/mol. The molecule has 2 heterocycles. The van der Waals surface area contributed by atoms with Crippen LogP contribution in [0.25, 0.3) is 0 Å². The molecule has 4 N–H and O–H groups in total. The van der Waals surface area contributed by atoms with Gasteiger partial charge in [0.05, 0.1) is 19.1 Å². The van der Waals surface area contributed by atoms with Crippen molar-refractivity contribution in [2.75, 3.05) is 18.8 Å². The van der Waals surface area contributed by atoms with Gasteiger partial charge >= 0.3 is 5.69 Å². The number of carbonyl (C=O) groups is 2. The highest BCUT2D eigenvalue weighted by Crippen LogP contribution is 2.18. The first kappa shape index (κ1) is 23.5. The van der Waals surface area contributed by atoms with E-state index in [1.165, 1.54) is 4.57 Å². The molecule has 9 heteroatoms. The molecular formula is C23H31N5O4. The molecule has 1 atom stereocenters. The van der Waals surface area contributed by atoms with E-state index in [4.69, 9.17) is 11.5 Å². The van der Waals surface area contributed by atoms with Gasteiger partial charge in [0.25, 0.3) is 5.56 Å². The van der Waals surface area contributed by atoms with Gasteiger partial charge in [0, 0.05) is 6.54 Å². The minimum absolute atomic E-state index is 0.0125. The molecule has 1 aliphatic heterocycles. The molecule has 32 heavy (non-hydrogen) atoms. The van der Waals surface area contributed by atoms with E-state index in [1.54, 1.807) is 4.90 Å². The first-order chi connectivity index (χ1) is 15.2. The fourth-order valence-corrected chi connectivity index (χ4v) is 4.19. The second-order valence-corrected chi connectivity index (χ2v) is 8.73. The first-order valence-electron chi connectivity index (χ1n) is 10.9. The number of aromatic nitrogens is 2. The number of rotatable bonds is 8. The van der Waals surface area contributed by atoms with Crippen LogP contribution in [0.1, 0.15) is 49.0 Å². The summed E-state index contributed by atoms with van der Waals surface area (Å²) in [6, 6.07) is 8.67. The average molecular weight is 442 g/mol. The van der Waals surface area contributed by atoms with E-state index in [0.29, 0.717) is 13.0 Å². The maximum Gasteiger partial charge on any atom is 0.332 e. The number of anilines is 1. The Morgan fingerprint density at radius 1 is 1.09 bits per heavy atom. The smallest absolute Gasteiger partial charge is 0.332 e. The molecule has 0 radical (unpaired) electrons. The van der Waals surface area contributed by atoms with Gasteiger partial charge in [0.1, 0.15) is 11.4 Å². The summed E-state index contributed by atoms with van der Waals surface area (Å²) >= 11 is 0. The zero-order valence-electron chi connectivity index (χ0n) is 18.6. The zero-order chi connectivity index (χ0) is 23.4. The highest BCUT2D eigenvalue weighted by atomic mass is 16.2. The minimum atomic E-state index is -0.692. The fourth-order valence-electron chi connectivity index (χ4n) is 4.19. The van der Waals surface area contributed by atoms with Gasteiger partial charge in [-0.1, -0.05) is 50.6 Å². The third kappa shape index (κ3) is 4.99. The Hall–Kier alpha value is -3.20. The predicted octanol–water partition coefficient (Wildman–Crippen LogP) is 0.819. The van der Waals surface area contributed by atoms with E-state index >= 15 is 0 Å². The maximum atomic E-state index is 13.3. The average Bonchev–Trinajstić information content (AvgIpc) is 2.75. The molecule has 0 saturated carbocycles. The van der Waals surface area contributed by atoms with E-state index in [1.807, 2.05) is 44.2 Å². The number of likely N-dealkylation sites (tertiary alicyclic amines) is 1. The van der Waals surface area contributed by atoms with Crippen LogP contribution in [0.5, 0.6) is 0 Å². The van der Waals surface area contributed by atoms with Gasteiger partial charge < -0.3 is 11.5 Å². The monoisotopic (exact) mass is 441 g/mol. The van der Waals surface area contributed by atoms with Crippen LogP contribution in [-0.4, -0.2) is 44.9 Å². The number of nitrogen functional groups attached to an aromatic ring is 1. The Kier molecular flexibility index (Phi) is 7.29. The molecule has 1 aromatic heterocycles. The highest BCUT2D eigenvalue weighted by Gasteiger charge is 2.31. The third-order valence-corrected chi connectivity index (χ3v) is 5.77. The van der Waals surface area contributed by atoms with E-state index in [9.17, 15) is 19.2 Å². The van der Waals surface area contributed by atoms with Gasteiger partial charge in [0.2, 0.25) is 5.91 Å². The van der Waals surface area contributed by atoms with Crippen molar-refractivity contribution in [1.82, 2.24) is 14.0 Å². The fraction of sp³-hybridized carbons (Fsp3) is 0.478. The van der Waals surface area contributed by atoms with E-state index in [2.05, 4.69) is 0 Å². The summed E-state index contributed by atoms with van der Waals surface area (Å²) in [6.45, 7) is 4.45. The molecule has 172 valence electrons. The summed E-state index contributed by atoms with van der Waals surface area (Å²) in [4.78, 5) is 53.1. The minimum Gasteiger partial charge on any atom is -0.384 e. The van der Waals surface area contributed by atoms with Crippen molar-refractivity contribution >= 4 is 17.5 Å². The topological polar surface area (TPSA) is 133 Å². The van der Waals surface area contributed by atoms with Crippen molar-refractivity contribution in [2.45, 2.75) is 52.2 Å². The molecule has 3 rings (SSSR count). The lowest BCUT2D eigenvalue weighted by atomic mass is 10.0. The molecule has 1 aliphatic rings. The van der Waals surface area contributed by atoms with Gasteiger partial charge in [-0.2, -0.15) is 0 Å². The Morgan fingerprint density at radius 2 is 1.78 bits per heavy atom. The number of piperidine rings is 1. The summed E-state index contributed by atoms with van der Waals surface area (Å²) in [6.07, 6.45) is 2.25. The maximum absolute atomic E-state index is 13.3. The molecule has 1 fully saturated rings. The molecule has 1 aromatic carbocycles. The summed E-state index contributed by atoms with van der Waals surface area (Å²) < 4.78 is 2.35. The van der Waals surface area contributed by atoms with Gasteiger partial charge in [-0.3, -0.25) is 28.4 Å². The Labute approximate surface area is 186 Å². The normalized spacial score (nSPS) is 16.9. The second kappa shape index (κ2) is 9.95. The molecule has 0 bridgehead atoms. The lowest BCUT2D eigenvalue weighted by Crippen LogP contribution is -2.51. The first-order valence-corrected chi connectivity index (χ1v) is 10.9. The molecule has 9 nitrogen and oxygen atoms in total. The van der Waals surface area contributed by atoms with Crippen LogP contribution in [0.4, 0.5) is 5.82 Å². The van der Waals surface area contributed by atoms with Gasteiger partial charge in [-0.15, -0.1) is 0 Å². The van der Waals surface area contributed by atoms with Crippen LogP contribution >= 0.6 is 0 Å². The molecule has 0 spiro atoms. The van der Waals surface area contributed by atoms with Gasteiger partial charge in [0.15, 0.2) is 5.78 Å². The predicted molar refractivity (Wildman–Crippen MR) is 122 cm³/mol. The van der Waals surface area contributed by atoms with Crippen molar-refractivity contribution in [3.05, 3.63) is 62.3 Å². The number of ketones is 1. The van der Waals surface area contributed by atoms with E-state index < -0.39 is 29.0 Å². The van der Waals surface area contributed by atoms with E-state index in [-0.39, 0.29) is 36.9 Å². The van der Waals surface area contributed by atoms with Gasteiger partial charge in [-0.05, 0) is 30.9 Å². The van der Waals surface area contributed by atoms with Crippen LogP contribution < -0.4 is 22.7 Å². The van der Waals surface area contributed by atoms with Crippen LogP contribution in [0.15, 0.2) is 39.9 Å². The zero-order valence-corrected chi connectivity index (χ0v) is 18.6. The van der Waals surface area contributed by atoms with Crippen molar-refractivity contribution in [2.24, 2.45) is 11.7 Å². The number of benzene rings is 1. The number of nitrogens with two attached hydrogens (primary N) is 2.